The smallest absolute Gasteiger partial charge is 0.0793 e. The number of hydrogen-bond acceptors (Lipinski definition) is 1. The Kier molecular flexibility index (Phi) is 4.61. The normalized spacial score (nSPS) is 19.9. The van der Waals surface area contributed by atoms with E-state index in [4.69, 9.17) is 4.74 Å². The lowest BCUT2D eigenvalue weighted by molar-refractivity contribution is 0.119. The Balaban J connectivity index is 2.05. The highest BCUT2D eigenvalue weighted by molar-refractivity contribution is 5.26. The van der Waals surface area contributed by atoms with Crippen molar-refractivity contribution in [1.29, 1.82) is 0 Å². The van der Waals surface area contributed by atoms with E-state index >= 15 is 0 Å². The molecule has 0 aromatic heterocycles. The molecule has 1 atom stereocenters. The molecule has 1 nitrogen and oxygen atoms in total. The van der Waals surface area contributed by atoms with Gasteiger partial charge < -0.3 is 4.74 Å². The van der Waals surface area contributed by atoms with Crippen LogP contribution in [0.5, 0.6) is 0 Å². The third-order valence-electron chi connectivity index (χ3n) is 4.09. The van der Waals surface area contributed by atoms with E-state index in [0.29, 0.717) is 0 Å². The molecule has 1 aliphatic carbocycles. The molecule has 1 aliphatic rings. The maximum Gasteiger partial charge on any atom is 0.0793 e. The summed E-state index contributed by atoms with van der Waals surface area (Å²) < 4.78 is 5.34. The number of methoxy groups -OCH3 is 1. The van der Waals surface area contributed by atoms with Crippen LogP contribution in [0.4, 0.5) is 0 Å². The molecule has 17 heavy (non-hydrogen) atoms. The molecule has 94 valence electrons. The fourth-order valence-corrected chi connectivity index (χ4v) is 2.79. The Morgan fingerprint density at radius 1 is 1.00 bits per heavy atom. The quantitative estimate of drug-likeness (QED) is 0.678. The third kappa shape index (κ3) is 3.32. The Labute approximate surface area is 105 Å². The molecule has 0 bridgehead atoms. The second kappa shape index (κ2) is 6.20. The molecule has 0 spiro atoms. The first-order valence-electron chi connectivity index (χ1n) is 6.94. The maximum atomic E-state index is 5.34. The Hall–Kier alpha value is -0.820. The number of ether oxygens (including phenoxy) is 1. The summed E-state index contributed by atoms with van der Waals surface area (Å²) in [4.78, 5) is 0. The summed E-state index contributed by atoms with van der Waals surface area (Å²) in [5.74, 6) is 0.796. The zero-order valence-electron chi connectivity index (χ0n) is 11.1. The second-order valence-corrected chi connectivity index (χ2v) is 5.23. The van der Waals surface area contributed by atoms with E-state index in [1.165, 1.54) is 49.7 Å². The van der Waals surface area contributed by atoms with Gasteiger partial charge in [-0.05, 0) is 36.8 Å². The van der Waals surface area contributed by atoms with Gasteiger partial charge in [0.05, 0.1) is 6.10 Å². The predicted octanol–water partition coefficient (Wildman–Crippen LogP) is 4.83. The van der Waals surface area contributed by atoms with Crippen molar-refractivity contribution < 1.29 is 4.74 Å². The highest BCUT2D eigenvalue weighted by Crippen LogP contribution is 2.32. The first-order chi connectivity index (χ1) is 8.31. The zero-order chi connectivity index (χ0) is 12.1. The van der Waals surface area contributed by atoms with E-state index in [1.54, 1.807) is 7.11 Å². The fourth-order valence-electron chi connectivity index (χ4n) is 2.79. The van der Waals surface area contributed by atoms with Crippen LogP contribution in [-0.2, 0) is 4.74 Å². The Morgan fingerprint density at radius 2 is 1.59 bits per heavy atom. The highest BCUT2D eigenvalue weighted by Gasteiger charge is 2.14. The molecular weight excluding hydrogens is 208 g/mol. The van der Waals surface area contributed by atoms with E-state index in [2.05, 4.69) is 31.2 Å². The van der Waals surface area contributed by atoms with Crippen LogP contribution in [0.1, 0.15) is 68.6 Å². The maximum absolute atomic E-state index is 5.34. The lowest BCUT2D eigenvalue weighted by atomic mass is 9.91. The van der Waals surface area contributed by atoms with Crippen LogP contribution in [0.3, 0.4) is 0 Å². The topological polar surface area (TPSA) is 9.23 Å². The number of benzene rings is 1. The first kappa shape index (κ1) is 12.6. The molecule has 0 radical (unpaired) electrons. The van der Waals surface area contributed by atoms with E-state index in [9.17, 15) is 0 Å². The van der Waals surface area contributed by atoms with Gasteiger partial charge in [0.1, 0.15) is 0 Å². The van der Waals surface area contributed by atoms with Crippen LogP contribution in [0, 0.1) is 0 Å². The van der Waals surface area contributed by atoms with Crippen LogP contribution >= 0.6 is 0 Å². The Morgan fingerprint density at radius 3 is 2.12 bits per heavy atom. The summed E-state index contributed by atoms with van der Waals surface area (Å²) >= 11 is 0. The van der Waals surface area contributed by atoms with Crippen molar-refractivity contribution in [3.05, 3.63) is 35.4 Å². The lowest BCUT2D eigenvalue weighted by Gasteiger charge is -2.16. The molecule has 1 unspecified atom stereocenters. The van der Waals surface area contributed by atoms with Crippen LogP contribution < -0.4 is 0 Å². The zero-order valence-corrected chi connectivity index (χ0v) is 11.1. The molecule has 0 saturated heterocycles. The van der Waals surface area contributed by atoms with Gasteiger partial charge in [0, 0.05) is 7.11 Å². The summed E-state index contributed by atoms with van der Waals surface area (Å²) in [7, 11) is 1.77. The molecule has 0 N–H and O–H groups in total. The minimum atomic E-state index is 0.207. The van der Waals surface area contributed by atoms with Gasteiger partial charge in [-0.15, -0.1) is 0 Å². The first-order valence-corrected chi connectivity index (χ1v) is 6.94. The molecular formula is C16H24O. The summed E-state index contributed by atoms with van der Waals surface area (Å²) in [6.07, 6.45) is 8.61. The summed E-state index contributed by atoms with van der Waals surface area (Å²) in [5.41, 5.74) is 2.81. The van der Waals surface area contributed by atoms with Crippen molar-refractivity contribution in [3.8, 4) is 0 Å². The van der Waals surface area contributed by atoms with Gasteiger partial charge in [-0.3, -0.25) is 0 Å². The van der Waals surface area contributed by atoms with Crippen LogP contribution in [0.2, 0.25) is 0 Å². The lowest BCUT2D eigenvalue weighted by Crippen LogP contribution is -1.99. The van der Waals surface area contributed by atoms with Gasteiger partial charge in [0.2, 0.25) is 0 Å². The van der Waals surface area contributed by atoms with Crippen molar-refractivity contribution >= 4 is 0 Å². The largest absolute Gasteiger partial charge is 0.377 e. The van der Waals surface area contributed by atoms with E-state index in [0.717, 1.165) is 5.92 Å². The minimum Gasteiger partial charge on any atom is -0.377 e. The van der Waals surface area contributed by atoms with E-state index in [1.807, 2.05) is 0 Å². The summed E-state index contributed by atoms with van der Waals surface area (Å²) in [6.45, 7) is 2.10. The molecule has 0 heterocycles. The van der Waals surface area contributed by atoms with Crippen LogP contribution in [-0.4, -0.2) is 7.11 Å². The summed E-state index contributed by atoms with van der Waals surface area (Å²) in [5, 5.41) is 0. The van der Waals surface area contributed by atoms with Crippen molar-refractivity contribution in [3.63, 3.8) is 0 Å². The highest BCUT2D eigenvalue weighted by atomic mass is 16.5. The van der Waals surface area contributed by atoms with Crippen molar-refractivity contribution in [2.24, 2.45) is 0 Å². The molecule has 0 amide bonds. The summed E-state index contributed by atoms with van der Waals surface area (Å²) in [6, 6.07) is 9.07. The van der Waals surface area contributed by atoms with Gasteiger partial charge in [0.25, 0.3) is 0 Å². The van der Waals surface area contributed by atoms with Gasteiger partial charge in [-0.1, -0.05) is 49.9 Å². The van der Waals surface area contributed by atoms with Gasteiger partial charge >= 0.3 is 0 Å². The van der Waals surface area contributed by atoms with Gasteiger partial charge in [-0.25, -0.2) is 0 Å². The van der Waals surface area contributed by atoms with Gasteiger partial charge in [-0.2, -0.15) is 0 Å². The third-order valence-corrected chi connectivity index (χ3v) is 4.09. The standard InChI is InChI=1S/C16H24O/c1-13(17-2)14-9-11-16(12-10-14)15-7-5-3-4-6-8-15/h9-13,15H,3-8H2,1-2H3. The SMILES string of the molecule is COC(C)c1ccc(C2CCCCCC2)cc1. The number of hydrogen-bond donors (Lipinski definition) is 0. The van der Waals surface area contributed by atoms with Gasteiger partial charge in [0.15, 0.2) is 0 Å². The Bertz CT molecular complexity index is 320. The molecule has 1 aromatic carbocycles. The minimum absolute atomic E-state index is 0.207. The number of rotatable bonds is 3. The van der Waals surface area contributed by atoms with Crippen molar-refractivity contribution in [1.82, 2.24) is 0 Å². The van der Waals surface area contributed by atoms with Crippen LogP contribution in [0.15, 0.2) is 24.3 Å². The van der Waals surface area contributed by atoms with Crippen molar-refractivity contribution in [2.45, 2.75) is 57.5 Å². The fraction of sp³-hybridized carbons (Fsp3) is 0.625. The average molecular weight is 232 g/mol. The van der Waals surface area contributed by atoms with Crippen molar-refractivity contribution in [2.75, 3.05) is 7.11 Å². The molecule has 1 saturated carbocycles. The predicted molar refractivity (Wildman–Crippen MR) is 72.3 cm³/mol. The monoisotopic (exact) mass is 232 g/mol. The van der Waals surface area contributed by atoms with E-state index < -0.39 is 0 Å². The molecule has 1 heteroatoms. The molecule has 2 rings (SSSR count). The molecule has 0 aliphatic heterocycles. The second-order valence-electron chi connectivity index (χ2n) is 5.23. The van der Waals surface area contributed by atoms with E-state index in [-0.39, 0.29) is 6.10 Å². The molecule has 1 fully saturated rings. The van der Waals surface area contributed by atoms with Crippen LogP contribution in [0.25, 0.3) is 0 Å². The molecule has 1 aromatic rings. The average Bonchev–Trinajstić information content (AvgIpc) is 2.67.